The van der Waals surface area contributed by atoms with Crippen LogP contribution in [0.15, 0.2) is 0 Å². The van der Waals surface area contributed by atoms with E-state index in [9.17, 15) is 30.0 Å². The summed E-state index contributed by atoms with van der Waals surface area (Å²) < 4.78 is 5.73. The Hall–Kier alpha value is -1.02. The highest BCUT2D eigenvalue weighted by molar-refractivity contribution is 5.89. The van der Waals surface area contributed by atoms with Gasteiger partial charge < -0.3 is 25.2 Å². The molecule has 9 atom stereocenters. The van der Waals surface area contributed by atoms with Crippen LogP contribution in [0, 0.1) is 28.6 Å². The standard InChI is InChI=1S/C22H34O7/c1-11(23)29-17-12-6-7-13-20(5,27)14-8-15(24)18(2,3)22(14,28)16(25)9-21(13,17)10-19(12,4)26/h12-14,16-17,25-28H,6-10H2,1-5H3/t12-,13+,14+,16-,17-,19-,20-,21+,22+/m1/s1. The van der Waals surface area contributed by atoms with Crippen LogP contribution in [0.25, 0.3) is 0 Å². The first-order chi connectivity index (χ1) is 13.1. The van der Waals surface area contributed by atoms with E-state index in [4.69, 9.17) is 4.74 Å². The number of ether oxygens (including phenoxy) is 1. The maximum atomic E-state index is 12.8. The summed E-state index contributed by atoms with van der Waals surface area (Å²) in [6.07, 6.45) is -0.518. The van der Waals surface area contributed by atoms with E-state index in [1.165, 1.54) is 6.92 Å². The summed E-state index contributed by atoms with van der Waals surface area (Å²) in [5, 5.41) is 46.1. The predicted molar refractivity (Wildman–Crippen MR) is 103 cm³/mol. The molecular formula is C22H34O7. The molecule has 2 bridgehead atoms. The van der Waals surface area contributed by atoms with Crippen molar-refractivity contribution in [2.45, 2.75) is 95.7 Å². The SMILES string of the molecule is CC(=O)O[C@@H]1[C@H]2CC[C@H]3[C@@](C)(O)[C@@H]4CC(=O)C(C)(C)[C@@]4(O)[C@H](O)C[C@@]13C[C@@]2(C)O. The molecule has 0 saturated heterocycles. The van der Waals surface area contributed by atoms with Gasteiger partial charge in [0.2, 0.25) is 0 Å². The third-order valence-electron chi connectivity index (χ3n) is 9.28. The van der Waals surface area contributed by atoms with Crippen LogP contribution >= 0.6 is 0 Å². The summed E-state index contributed by atoms with van der Waals surface area (Å²) in [6, 6.07) is 0. The van der Waals surface area contributed by atoms with Gasteiger partial charge in [-0.25, -0.2) is 0 Å². The molecule has 164 valence electrons. The zero-order valence-electron chi connectivity index (χ0n) is 17.9. The fraction of sp³-hybridized carbons (Fsp3) is 0.909. The topological polar surface area (TPSA) is 124 Å². The molecular weight excluding hydrogens is 376 g/mol. The lowest BCUT2D eigenvalue weighted by Crippen LogP contribution is -2.60. The van der Waals surface area contributed by atoms with Crippen molar-refractivity contribution >= 4 is 11.8 Å². The molecule has 0 amide bonds. The first kappa shape index (κ1) is 21.2. The number of carbonyl (C=O) groups excluding carboxylic acids is 2. The van der Waals surface area contributed by atoms with E-state index >= 15 is 0 Å². The van der Waals surface area contributed by atoms with E-state index in [2.05, 4.69) is 0 Å². The molecule has 0 unspecified atom stereocenters. The van der Waals surface area contributed by atoms with Gasteiger partial charge >= 0.3 is 5.97 Å². The van der Waals surface area contributed by atoms with Crippen molar-refractivity contribution in [2.75, 3.05) is 0 Å². The van der Waals surface area contributed by atoms with E-state index in [1.807, 2.05) is 0 Å². The van der Waals surface area contributed by atoms with Gasteiger partial charge in [-0.2, -0.15) is 0 Å². The lowest BCUT2D eigenvalue weighted by Gasteiger charge is -2.51. The molecule has 0 radical (unpaired) electrons. The van der Waals surface area contributed by atoms with Crippen LogP contribution in [-0.2, 0) is 14.3 Å². The van der Waals surface area contributed by atoms with E-state index < -0.39 is 57.6 Å². The Kier molecular flexibility index (Phi) is 4.25. The number of fused-ring (bicyclic) bond motifs is 2. The Morgan fingerprint density at radius 3 is 2.28 bits per heavy atom. The van der Waals surface area contributed by atoms with Crippen molar-refractivity contribution < 1.29 is 34.8 Å². The number of carbonyl (C=O) groups is 2. The highest BCUT2D eigenvalue weighted by Crippen LogP contribution is 2.69. The molecule has 1 spiro atoms. The maximum absolute atomic E-state index is 12.8. The van der Waals surface area contributed by atoms with Gasteiger partial charge in [-0.05, 0) is 45.4 Å². The van der Waals surface area contributed by atoms with Gasteiger partial charge in [0.25, 0.3) is 0 Å². The normalized spacial score (nSPS) is 55.8. The fourth-order valence-electron chi connectivity index (χ4n) is 7.94. The number of Topliss-reactive ketones (excluding diaryl/α,β-unsaturated/α-hetero) is 1. The number of aliphatic hydroxyl groups excluding tert-OH is 1. The molecule has 29 heavy (non-hydrogen) atoms. The van der Waals surface area contributed by atoms with E-state index in [0.717, 1.165) is 0 Å². The molecule has 0 heterocycles. The summed E-state index contributed by atoms with van der Waals surface area (Å²) in [7, 11) is 0. The number of esters is 1. The number of hydrogen-bond acceptors (Lipinski definition) is 7. The minimum Gasteiger partial charge on any atom is -0.462 e. The molecule has 4 N–H and O–H groups in total. The zero-order valence-corrected chi connectivity index (χ0v) is 17.9. The largest absolute Gasteiger partial charge is 0.462 e. The minimum atomic E-state index is -1.80. The molecule has 0 aromatic rings. The number of aliphatic hydroxyl groups is 4. The van der Waals surface area contributed by atoms with Crippen LogP contribution in [0.4, 0.5) is 0 Å². The lowest BCUT2D eigenvalue weighted by molar-refractivity contribution is -0.198. The molecule has 0 aromatic heterocycles. The van der Waals surface area contributed by atoms with Crippen LogP contribution in [0.1, 0.15) is 66.7 Å². The van der Waals surface area contributed by atoms with Gasteiger partial charge in [0.05, 0.1) is 22.7 Å². The Labute approximate surface area is 171 Å². The quantitative estimate of drug-likeness (QED) is 0.474. The summed E-state index contributed by atoms with van der Waals surface area (Å²) >= 11 is 0. The highest BCUT2D eigenvalue weighted by atomic mass is 16.5. The average Bonchev–Trinajstić information content (AvgIpc) is 2.80. The second kappa shape index (κ2) is 5.81. The van der Waals surface area contributed by atoms with Crippen molar-refractivity contribution in [3.05, 3.63) is 0 Å². The molecule has 4 rings (SSSR count). The van der Waals surface area contributed by atoms with Crippen LogP contribution in [-0.4, -0.2) is 61.2 Å². The Morgan fingerprint density at radius 1 is 1.07 bits per heavy atom. The predicted octanol–water partition coefficient (Wildman–Crippen LogP) is 0.947. The second-order valence-corrected chi connectivity index (χ2v) is 11.1. The van der Waals surface area contributed by atoms with Gasteiger partial charge in [-0.1, -0.05) is 13.8 Å². The molecule has 0 aliphatic heterocycles. The molecule has 7 heteroatoms. The van der Waals surface area contributed by atoms with Gasteiger partial charge in [0, 0.05) is 30.6 Å². The van der Waals surface area contributed by atoms with Gasteiger partial charge in [-0.15, -0.1) is 0 Å². The van der Waals surface area contributed by atoms with Crippen LogP contribution in [0.2, 0.25) is 0 Å². The molecule has 7 nitrogen and oxygen atoms in total. The second-order valence-electron chi connectivity index (χ2n) is 11.1. The average molecular weight is 411 g/mol. The molecule has 4 aliphatic rings. The minimum absolute atomic E-state index is 0.0157. The molecule has 0 aromatic carbocycles. The summed E-state index contributed by atoms with van der Waals surface area (Å²) in [6.45, 7) is 7.93. The first-order valence-corrected chi connectivity index (χ1v) is 10.7. The third kappa shape index (κ3) is 2.39. The van der Waals surface area contributed by atoms with Gasteiger partial charge in [0.1, 0.15) is 17.5 Å². The maximum Gasteiger partial charge on any atom is 0.302 e. The fourth-order valence-corrected chi connectivity index (χ4v) is 7.94. The molecule has 4 saturated carbocycles. The molecule has 4 fully saturated rings. The van der Waals surface area contributed by atoms with Crippen molar-refractivity contribution in [2.24, 2.45) is 28.6 Å². The number of hydrogen-bond donors (Lipinski definition) is 4. The van der Waals surface area contributed by atoms with E-state index in [1.54, 1.807) is 27.7 Å². The van der Waals surface area contributed by atoms with Crippen molar-refractivity contribution in [3.63, 3.8) is 0 Å². The molecule has 4 aliphatic carbocycles. The van der Waals surface area contributed by atoms with Crippen LogP contribution in [0.5, 0.6) is 0 Å². The van der Waals surface area contributed by atoms with Crippen molar-refractivity contribution in [3.8, 4) is 0 Å². The Morgan fingerprint density at radius 2 is 1.69 bits per heavy atom. The number of rotatable bonds is 1. The Balaban J connectivity index is 1.91. The van der Waals surface area contributed by atoms with Gasteiger partial charge in [-0.3, -0.25) is 9.59 Å². The van der Waals surface area contributed by atoms with Crippen molar-refractivity contribution in [1.29, 1.82) is 0 Å². The Bertz CT molecular complexity index is 756. The number of ketones is 1. The summed E-state index contributed by atoms with van der Waals surface area (Å²) in [4.78, 5) is 24.7. The zero-order chi connectivity index (χ0) is 21.8. The first-order valence-electron chi connectivity index (χ1n) is 10.7. The van der Waals surface area contributed by atoms with Crippen LogP contribution < -0.4 is 0 Å². The summed E-state index contributed by atoms with van der Waals surface area (Å²) in [5.41, 5.74) is -6.48. The monoisotopic (exact) mass is 410 g/mol. The smallest absolute Gasteiger partial charge is 0.302 e. The third-order valence-corrected chi connectivity index (χ3v) is 9.28. The highest BCUT2D eigenvalue weighted by Gasteiger charge is 2.77. The summed E-state index contributed by atoms with van der Waals surface area (Å²) in [5.74, 6) is -2.21. The van der Waals surface area contributed by atoms with E-state index in [0.29, 0.717) is 12.8 Å². The van der Waals surface area contributed by atoms with E-state index in [-0.39, 0.29) is 31.0 Å². The van der Waals surface area contributed by atoms with Crippen molar-refractivity contribution in [1.82, 2.24) is 0 Å². The van der Waals surface area contributed by atoms with Gasteiger partial charge in [0.15, 0.2) is 0 Å². The lowest BCUT2D eigenvalue weighted by atomic mass is 9.57. The van der Waals surface area contributed by atoms with Crippen LogP contribution in [0.3, 0.4) is 0 Å².